The Hall–Kier alpha value is -3.19. The maximum atomic E-state index is 13.6. The standard InChI is InChI=1S/C20H18BrF2N7O2S/c1-8-12(21)6-30(28-8)7-14(31)27-16-15-10(11-5-25-29(3)9(11)2)4-13(18(22)23)26-20(15)33-17(16)19(24)32/h4-6,18H,7H2,1-3H3,(H2,24,32)(H,27,31). The lowest BCUT2D eigenvalue weighted by Gasteiger charge is -2.11. The molecule has 0 atom stereocenters. The van der Waals surface area contributed by atoms with Gasteiger partial charge in [0.2, 0.25) is 5.91 Å². The Morgan fingerprint density at radius 3 is 2.58 bits per heavy atom. The molecule has 0 spiro atoms. The van der Waals surface area contributed by atoms with E-state index in [-0.39, 0.29) is 21.9 Å². The second kappa shape index (κ2) is 8.63. The monoisotopic (exact) mass is 537 g/mol. The number of fused-ring (bicyclic) bond motifs is 1. The number of halogens is 3. The van der Waals surface area contributed by atoms with Gasteiger partial charge in [-0.05, 0) is 41.4 Å². The number of nitrogens with one attached hydrogen (secondary N) is 1. The molecule has 0 bridgehead atoms. The second-order valence-electron chi connectivity index (χ2n) is 7.32. The molecule has 3 N–H and O–H groups in total. The molecule has 0 aliphatic rings. The van der Waals surface area contributed by atoms with Crippen LogP contribution < -0.4 is 11.1 Å². The van der Waals surface area contributed by atoms with E-state index < -0.39 is 23.9 Å². The zero-order chi connectivity index (χ0) is 24.0. The van der Waals surface area contributed by atoms with Gasteiger partial charge >= 0.3 is 0 Å². The second-order valence-corrected chi connectivity index (χ2v) is 9.17. The summed E-state index contributed by atoms with van der Waals surface area (Å²) in [7, 11) is 1.72. The number of rotatable bonds is 6. The van der Waals surface area contributed by atoms with Crippen molar-refractivity contribution >= 4 is 55.0 Å². The highest BCUT2D eigenvalue weighted by molar-refractivity contribution is 9.10. The Bertz CT molecular complexity index is 1390. The minimum absolute atomic E-state index is 0.0119. The normalized spacial score (nSPS) is 11.5. The van der Waals surface area contributed by atoms with Gasteiger partial charge in [-0.2, -0.15) is 10.2 Å². The number of hydrogen-bond donors (Lipinski definition) is 2. The smallest absolute Gasteiger partial charge is 0.280 e. The number of aryl methyl sites for hydroxylation is 2. The molecule has 13 heteroatoms. The van der Waals surface area contributed by atoms with E-state index >= 15 is 0 Å². The number of primary amides is 1. The molecule has 4 heterocycles. The van der Waals surface area contributed by atoms with Gasteiger partial charge in [0.05, 0.1) is 22.1 Å². The van der Waals surface area contributed by atoms with E-state index in [4.69, 9.17) is 5.73 Å². The lowest BCUT2D eigenvalue weighted by molar-refractivity contribution is -0.116. The number of nitrogens with zero attached hydrogens (tertiary/aromatic N) is 5. The number of pyridine rings is 1. The summed E-state index contributed by atoms with van der Waals surface area (Å²) in [4.78, 5) is 29.2. The van der Waals surface area contributed by atoms with Crippen molar-refractivity contribution in [2.45, 2.75) is 26.8 Å². The highest BCUT2D eigenvalue weighted by atomic mass is 79.9. The lowest BCUT2D eigenvalue weighted by atomic mass is 10.0. The van der Waals surface area contributed by atoms with Crippen LogP contribution in [0.4, 0.5) is 14.5 Å². The van der Waals surface area contributed by atoms with Crippen LogP contribution in [-0.4, -0.2) is 36.4 Å². The summed E-state index contributed by atoms with van der Waals surface area (Å²) in [6.45, 7) is 3.44. The SMILES string of the molecule is Cc1nn(CC(=O)Nc2c(C(N)=O)sc3nc(C(F)F)cc(-c4cnn(C)c4C)c23)cc1Br. The van der Waals surface area contributed by atoms with Crippen molar-refractivity contribution < 1.29 is 18.4 Å². The molecule has 9 nitrogen and oxygen atoms in total. The van der Waals surface area contributed by atoms with Crippen molar-refractivity contribution in [3.63, 3.8) is 0 Å². The van der Waals surface area contributed by atoms with E-state index in [1.165, 1.54) is 16.9 Å². The molecule has 4 aromatic rings. The molecule has 0 radical (unpaired) electrons. The van der Waals surface area contributed by atoms with Crippen molar-refractivity contribution in [1.29, 1.82) is 0 Å². The fourth-order valence-corrected chi connectivity index (χ4v) is 4.73. The molecule has 0 fully saturated rings. The van der Waals surface area contributed by atoms with Gasteiger partial charge in [-0.3, -0.25) is 19.0 Å². The van der Waals surface area contributed by atoms with Crippen LogP contribution >= 0.6 is 27.3 Å². The number of carbonyl (C=O) groups excluding carboxylic acids is 2. The van der Waals surface area contributed by atoms with E-state index in [0.29, 0.717) is 27.9 Å². The lowest BCUT2D eigenvalue weighted by Crippen LogP contribution is -2.21. The number of amides is 2. The summed E-state index contributed by atoms with van der Waals surface area (Å²) in [5, 5.41) is 11.5. The third kappa shape index (κ3) is 4.25. The zero-order valence-electron chi connectivity index (χ0n) is 17.7. The molecule has 0 saturated heterocycles. The molecule has 172 valence electrons. The first kappa shape index (κ1) is 23.0. The Labute approximate surface area is 198 Å². The zero-order valence-corrected chi connectivity index (χ0v) is 20.1. The quantitative estimate of drug-likeness (QED) is 0.385. The third-order valence-electron chi connectivity index (χ3n) is 5.11. The maximum Gasteiger partial charge on any atom is 0.280 e. The summed E-state index contributed by atoms with van der Waals surface area (Å²) in [5.41, 5.74) is 7.59. The van der Waals surface area contributed by atoms with Crippen molar-refractivity contribution in [2.24, 2.45) is 12.8 Å². The number of alkyl halides is 2. The third-order valence-corrected chi connectivity index (χ3v) is 6.99. The minimum Gasteiger partial charge on any atom is -0.365 e. The number of carbonyl (C=O) groups is 2. The topological polar surface area (TPSA) is 121 Å². The average molecular weight is 538 g/mol. The van der Waals surface area contributed by atoms with Gasteiger partial charge < -0.3 is 11.1 Å². The molecule has 0 aromatic carbocycles. The van der Waals surface area contributed by atoms with Crippen LogP contribution in [0.15, 0.2) is 22.9 Å². The van der Waals surface area contributed by atoms with Crippen LogP contribution in [0.2, 0.25) is 0 Å². The summed E-state index contributed by atoms with van der Waals surface area (Å²) in [5.74, 6) is -1.28. The molecule has 0 aliphatic carbocycles. The first-order valence-electron chi connectivity index (χ1n) is 9.60. The van der Waals surface area contributed by atoms with Crippen LogP contribution in [-0.2, 0) is 18.4 Å². The van der Waals surface area contributed by atoms with E-state index in [1.54, 1.807) is 31.8 Å². The molecule has 4 rings (SSSR count). The highest BCUT2D eigenvalue weighted by Gasteiger charge is 2.26. The molecular formula is C20H18BrF2N7O2S. The molecule has 0 unspecified atom stereocenters. The number of nitrogens with two attached hydrogens (primary N) is 1. The van der Waals surface area contributed by atoms with Gasteiger partial charge in [-0.1, -0.05) is 0 Å². The van der Waals surface area contributed by atoms with E-state index in [2.05, 4.69) is 36.4 Å². The van der Waals surface area contributed by atoms with Gasteiger partial charge in [0.25, 0.3) is 12.3 Å². The molecular weight excluding hydrogens is 520 g/mol. The van der Waals surface area contributed by atoms with E-state index in [9.17, 15) is 18.4 Å². The molecule has 2 amide bonds. The van der Waals surface area contributed by atoms with Gasteiger partial charge in [0.1, 0.15) is 21.9 Å². The number of aromatic nitrogens is 5. The Kier molecular flexibility index (Phi) is 6.01. The van der Waals surface area contributed by atoms with Gasteiger partial charge in [0, 0.05) is 29.9 Å². The Morgan fingerprint density at radius 2 is 2.03 bits per heavy atom. The van der Waals surface area contributed by atoms with Gasteiger partial charge in [-0.25, -0.2) is 13.8 Å². The molecule has 4 aromatic heterocycles. The predicted molar refractivity (Wildman–Crippen MR) is 123 cm³/mol. The number of anilines is 1. The Balaban J connectivity index is 1.88. The first-order valence-corrected chi connectivity index (χ1v) is 11.2. The summed E-state index contributed by atoms with van der Waals surface area (Å²) in [6, 6.07) is 1.25. The fourth-order valence-electron chi connectivity index (χ4n) is 3.40. The highest BCUT2D eigenvalue weighted by Crippen LogP contribution is 2.43. The average Bonchev–Trinajstić information content (AvgIpc) is 3.37. The van der Waals surface area contributed by atoms with Crippen molar-refractivity contribution in [3.05, 3.63) is 44.9 Å². The predicted octanol–water partition coefficient (Wildman–Crippen LogP) is 3.95. The maximum absolute atomic E-state index is 13.6. The Morgan fingerprint density at radius 1 is 1.30 bits per heavy atom. The first-order chi connectivity index (χ1) is 15.6. The van der Waals surface area contributed by atoms with Gasteiger partial charge in [-0.15, -0.1) is 11.3 Å². The van der Waals surface area contributed by atoms with Crippen molar-refractivity contribution in [2.75, 3.05) is 5.32 Å². The van der Waals surface area contributed by atoms with Crippen LogP contribution in [0.25, 0.3) is 21.3 Å². The largest absolute Gasteiger partial charge is 0.365 e. The molecule has 33 heavy (non-hydrogen) atoms. The number of thiophene rings is 1. The van der Waals surface area contributed by atoms with Crippen LogP contribution in [0, 0.1) is 13.8 Å². The van der Waals surface area contributed by atoms with Crippen molar-refractivity contribution in [3.8, 4) is 11.1 Å². The summed E-state index contributed by atoms with van der Waals surface area (Å²) >= 11 is 4.19. The molecule has 0 aliphatic heterocycles. The van der Waals surface area contributed by atoms with Gasteiger partial charge in [0.15, 0.2) is 0 Å². The molecule has 0 saturated carbocycles. The van der Waals surface area contributed by atoms with Crippen molar-refractivity contribution in [1.82, 2.24) is 24.5 Å². The summed E-state index contributed by atoms with van der Waals surface area (Å²) in [6.07, 6.45) is 0.358. The van der Waals surface area contributed by atoms with Crippen LogP contribution in [0.5, 0.6) is 0 Å². The van der Waals surface area contributed by atoms with E-state index in [1.807, 2.05) is 0 Å². The van der Waals surface area contributed by atoms with Crippen LogP contribution in [0.3, 0.4) is 0 Å². The van der Waals surface area contributed by atoms with E-state index in [0.717, 1.165) is 15.8 Å². The minimum atomic E-state index is -2.83. The number of hydrogen-bond acceptors (Lipinski definition) is 6. The summed E-state index contributed by atoms with van der Waals surface area (Å²) < 4.78 is 31.0. The van der Waals surface area contributed by atoms with Crippen LogP contribution in [0.1, 0.15) is 33.2 Å². The fraction of sp³-hybridized carbons (Fsp3) is 0.250.